The Labute approximate surface area is 121 Å². The van der Waals surface area contributed by atoms with E-state index in [1.807, 2.05) is 35.7 Å². The molecule has 2 aromatic rings. The molecule has 17 heavy (non-hydrogen) atoms. The molecule has 5 heteroatoms. The van der Waals surface area contributed by atoms with E-state index in [0.29, 0.717) is 0 Å². The molecule has 0 bridgehead atoms. The molecule has 0 aliphatic carbocycles. The van der Waals surface area contributed by atoms with Gasteiger partial charge in [-0.05, 0) is 40.2 Å². The summed E-state index contributed by atoms with van der Waals surface area (Å²) in [7, 11) is 0. The maximum atomic E-state index is 9.44. The summed E-state index contributed by atoms with van der Waals surface area (Å²) in [4.78, 5) is 1.11. The first kappa shape index (κ1) is 13.1. The van der Waals surface area contributed by atoms with E-state index in [1.165, 1.54) is 0 Å². The van der Waals surface area contributed by atoms with Gasteiger partial charge in [0.25, 0.3) is 0 Å². The number of nitrogens with one attached hydrogen (secondary N) is 1. The highest BCUT2D eigenvalue weighted by Crippen LogP contribution is 2.28. The number of hydrogen-bond acceptors (Lipinski definition) is 3. The van der Waals surface area contributed by atoms with Crippen molar-refractivity contribution in [3.8, 4) is 0 Å². The summed E-state index contributed by atoms with van der Waals surface area (Å²) in [6, 6.07) is 9.87. The third kappa shape index (κ3) is 3.55. The van der Waals surface area contributed by atoms with E-state index < -0.39 is 0 Å². The van der Waals surface area contributed by atoms with Crippen molar-refractivity contribution in [2.75, 3.05) is 11.9 Å². The van der Waals surface area contributed by atoms with Crippen LogP contribution in [0.4, 0.5) is 5.69 Å². The van der Waals surface area contributed by atoms with Crippen LogP contribution in [0.15, 0.2) is 44.7 Å². The summed E-state index contributed by atoms with van der Waals surface area (Å²) in [5.41, 5.74) is 0.989. The second-order valence-corrected chi connectivity index (χ2v) is 6.33. The molecule has 0 saturated heterocycles. The molecule has 0 saturated carbocycles. The fourth-order valence-electron chi connectivity index (χ4n) is 1.50. The monoisotopic (exact) mass is 375 g/mol. The lowest BCUT2D eigenvalue weighted by Gasteiger charge is -2.16. The molecule has 0 aliphatic rings. The third-order valence-corrected chi connectivity index (χ3v) is 4.58. The van der Waals surface area contributed by atoms with Crippen molar-refractivity contribution in [1.82, 2.24) is 0 Å². The molecule has 1 heterocycles. The van der Waals surface area contributed by atoms with Crippen LogP contribution in [0.3, 0.4) is 0 Å². The Balaban J connectivity index is 2.15. The van der Waals surface area contributed by atoms with Gasteiger partial charge < -0.3 is 10.4 Å². The van der Waals surface area contributed by atoms with Gasteiger partial charge in [0.2, 0.25) is 0 Å². The maximum Gasteiger partial charge on any atom is 0.0838 e. The highest BCUT2D eigenvalue weighted by molar-refractivity contribution is 9.10. The molecule has 0 aliphatic heterocycles. The van der Waals surface area contributed by atoms with Gasteiger partial charge in [-0.2, -0.15) is 0 Å². The van der Waals surface area contributed by atoms with Gasteiger partial charge in [0, 0.05) is 24.9 Å². The molecule has 2 rings (SSSR count). The van der Waals surface area contributed by atoms with Gasteiger partial charge >= 0.3 is 0 Å². The van der Waals surface area contributed by atoms with E-state index in [0.717, 1.165) is 19.5 Å². The van der Waals surface area contributed by atoms with Crippen LogP contribution in [0.25, 0.3) is 0 Å². The molecule has 0 amide bonds. The maximum absolute atomic E-state index is 9.44. The van der Waals surface area contributed by atoms with E-state index in [9.17, 15) is 5.11 Å². The van der Waals surface area contributed by atoms with Crippen molar-refractivity contribution in [1.29, 1.82) is 0 Å². The van der Waals surface area contributed by atoms with Gasteiger partial charge in [-0.3, -0.25) is 0 Å². The van der Waals surface area contributed by atoms with Crippen LogP contribution in [-0.4, -0.2) is 11.7 Å². The van der Waals surface area contributed by atoms with Crippen molar-refractivity contribution < 1.29 is 5.11 Å². The zero-order valence-corrected chi connectivity index (χ0v) is 12.8. The molecule has 2 N–H and O–H groups in total. The minimum Gasteiger partial charge on any atom is -0.394 e. The topological polar surface area (TPSA) is 32.3 Å². The highest BCUT2D eigenvalue weighted by atomic mass is 79.9. The van der Waals surface area contributed by atoms with Crippen molar-refractivity contribution in [3.05, 3.63) is 49.5 Å². The Morgan fingerprint density at radius 2 is 2.06 bits per heavy atom. The summed E-state index contributed by atoms with van der Waals surface area (Å²) in [6.45, 7) is 0.0689. The average molecular weight is 377 g/mol. The molecule has 0 spiro atoms. The van der Waals surface area contributed by atoms with Crippen molar-refractivity contribution in [3.63, 3.8) is 0 Å². The van der Waals surface area contributed by atoms with Crippen LogP contribution in [0, 0.1) is 0 Å². The molecule has 1 unspecified atom stereocenters. The lowest BCUT2D eigenvalue weighted by molar-refractivity contribution is 0.278. The lowest BCUT2D eigenvalue weighted by atomic mass is 10.2. The largest absolute Gasteiger partial charge is 0.394 e. The Morgan fingerprint density at radius 1 is 1.24 bits per heavy atom. The number of aliphatic hydroxyl groups excluding tert-OH is 1. The summed E-state index contributed by atoms with van der Waals surface area (Å²) in [5.74, 6) is 0. The Bertz CT molecular complexity index is 501. The van der Waals surface area contributed by atoms with Gasteiger partial charge in [0.05, 0.1) is 12.6 Å². The van der Waals surface area contributed by atoms with E-state index in [-0.39, 0.29) is 12.6 Å². The van der Waals surface area contributed by atoms with Crippen LogP contribution in [0.5, 0.6) is 0 Å². The molecule has 1 atom stereocenters. The molecular formula is C12H11Br2NOS. The molecule has 0 radical (unpaired) electrons. The fraction of sp³-hybridized carbons (Fsp3) is 0.167. The number of hydrogen-bond donors (Lipinski definition) is 2. The smallest absolute Gasteiger partial charge is 0.0838 e. The van der Waals surface area contributed by atoms with Crippen molar-refractivity contribution >= 4 is 48.9 Å². The highest BCUT2D eigenvalue weighted by Gasteiger charge is 2.12. The van der Waals surface area contributed by atoms with Gasteiger partial charge in [-0.1, -0.05) is 22.0 Å². The van der Waals surface area contributed by atoms with Crippen molar-refractivity contribution in [2.45, 2.75) is 6.04 Å². The molecule has 1 aromatic heterocycles. The Morgan fingerprint density at radius 3 is 2.65 bits per heavy atom. The van der Waals surface area contributed by atoms with E-state index in [2.05, 4.69) is 37.2 Å². The second-order valence-electron chi connectivity index (χ2n) is 3.56. The minimum absolute atomic E-state index is 0.0689. The number of halogens is 2. The minimum atomic E-state index is -0.0689. The Kier molecular flexibility index (Phi) is 4.62. The van der Waals surface area contributed by atoms with Gasteiger partial charge in [0.15, 0.2) is 0 Å². The van der Waals surface area contributed by atoms with E-state index in [1.54, 1.807) is 11.3 Å². The van der Waals surface area contributed by atoms with Crippen LogP contribution < -0.4 is 5.32 Å². The normalized spacial score (nSPS) is 12.4. The zero-order valence-electron chi connectivity index (χ0n) is 8.86. The predicted molar refractivity (Wildman–Crippen MR) is 79.6 cm³/mol. The van der Waals surface area contributed by atoms with Crippen LogP contribution in [-0.2, 0) is 0 Å². The first-order valence-electron chi connectivity index (χ1n) is 5.06. The molecule has 1 aromatic carbocycles. The van der Waals surface area contributed by atoms with E-state index in [4.69, 9.17) is 0 Å². The SMILES string of the molecule is OCC(Nc1cccc(Br)c1)c1cc(Br)cs1. The molecule has 90 valence electrons. The number of anilines is 1. The van der Waals surface area contributed by atoms with Crippen LogP contribution in [0.1, 0.15) is 10.9 Å². The second kappa shape index (κ2) is 6.00. The third-order valence-electron chi connectivity index (χ3n) is 2.28. The quantitative estimate of drug-likeness (QED) is 0.827. The standard InChI is InChI=1S/C12H11Br2NOS/c13-8-2-1-3-10(4-8)15-11(6-16)12-5-9(14)7-17-12/h1-5,7,11,15-16H,6H2. The van der Waals surface area contributed by atoms with Gasteiger partial charge in [0.1, 0.15) is 0 Å². The van der Waals surface area contributed by atoms with E-state index >= 15 is 0 Å². The number of benzene rings is 1. The predicted octanol–water partition coefficient (Wildman–Crippen LogP) is 4.42. The van der Waals surface area contributed by atoms with Gasteiger partial charge in [-0.15, -0.1) is 11.3 Å². The summed E-state index contributed by atoms with van der Waals surface area (Å²) < 4.78 is 2.07. The van der Waals surface area contributed by atoms with Crippen LogP contribution >= 0.6 is 43.2 Å². The first-order valence-corrected chi connectivity index (χ1v) is 7.52. The molecular weight excluding hydrogens is 366 g/mol. The van der Waals surface area contributed by atoms with Gasteiger partial charge in [-0.25, -0.2) is 0 Å². The first-order chi connectivity index (χ1) is 8.19. The van der Waals surface area contributed by atoms with Crippen LogP contribution in [0.2, 0.25) is 0 Å². The van der Waals surface area contributed by atoms with Crippen molar-refractivity contribution in [2.24, 2.45) is 0 Å². The number of aliphatic hydroxyl groups is 1. The lowest BCUT2D eigenvalue weighted by Crippen LogP contribution is -2.13. The Hall–Kier alpha value is -0.360. The summed E-state index contributed by atoms with van der Waals surface area (Å²) in [5, 5.41) is 14.8. The zero-order chi connectivity index (χ0) is 12.3. The molecule has 0 fully saturated rings. The number of rotatable bonds is 4. The fourth-order valence-corrected chi connectivity index (χ4v) is 3.38. The molecule has 2 nitrogen and oxygen atoms in total. The summed E-state index contributed by atoms with van der Waals surface area (Å²) >= 11 is 8.47. The average Bonchev–Trinajstić information content (AvgIpc) is 2.73. The summed E-state index contributed by atoms with van der Waals surface area (Å²) in [6.07, 6.45) is 0. The number of thiophene rings is 1.